The van der Waals surface area contributed by atoms with Crippen LogP contribution >= 0.6 is 0 Å². The van der Waals surface area contributed by atoms with Gasteiger partial charge in [-0.1, -0.05) is 19.1 Å². The summed E-state index contributed by atoms with van der Waals surface area (Å²) in [6, 6.07) is 13.1. The molecule has 1 aromatic heterocycles. The Morgan fingerprint density at radius 3 is 2.45 bits per heavy atom. The van der Waals surface area contributed by atoms with Gasteiger partial charge in [0.25, 0.3) is 0 Å². The minimum absolute atomic E-state index is 0.0222. The van der Waals surface area contributed by atoms with E-state index in [1.807, 2.05) is 6.07 Å². The van der Waals surface area contributed by atoms with E-state index in [1.165, 1.54) is 11.3 Å². The molecule has 1 aliphatic carbocycles. The lowest BCUT2D eigenvalue weighted by Gasteiger charge is -2.40. The van der Waals surface area contributed by atoms with Crippen LogP contribution in [0.3, 0.4) is 0 Å². The van der Waals surface area contributed by atoms with Crippen LogP contribution in [0.15, 0.2) is 42.6 Å². The molecule has 5 heteroatoms. The van der Waals surface area contributed by atoms with Crippen molar-refractivity contribution in [1.29, 1.82) is 0 Å². The number of hydrogen-bond acceptors (Lipinski definition) is 4. The van der Waals surface area contributed by atoms with E-state index < -0.39 is 0 Å². The summed E-state index contributed by atoms with van der Waals surface area (Å²) in [6.45, 7) is 6.03. The van der Waals surface area contributed by atoms with Gasteiger partial charge in [0.05, 0.1) is 5.69 Å². The van der Waals surface area contributed by atoms with Crippen LogP contribution in [-0.2, 0) is 11.2 Å². The summed E-state index contributed by atoms with van der Waals surface area (Å²) in [5.41, 5.74) is 3.79. The zero-order valence-electron chi connectivity index (χ0n) is 17.3. The van der Waals surface area contributed by atoms with Crippen LogP contribution in [0.4, 0.5) is 5.69 Å². The minimum Gasteiger partial charge on any atom is -0.370 e. The van der Waals surface area contributed by atoms with Gasteiger partial charge in [-0.25, -0.2) is 0 Å². The second-order valence-electron chi connectivity index (χ2n) is 9.42. The van der Waals surface area contributed by atoms with Gasteiger partial charge in [0.15, 0.2) is 0 Å². The molecule has 3 aliphatic rings. The Morgan fingerprint density at radius 1 is 1.10 bits per heavy atom. The fourth-order valence-corrected chi connectivity index (χ4v) is 4.71. The summed E-state index contributed by atoms with van der Waals surface area (Å²) in [5.74, 6) is 1.59. The first-order valence-electron chi connectivity index (χ1n) is 11.0. The number of carbonyl (C=O) groups excluding carboxylic acids is 1. The van der Waals surface area contributed by atoms with E-state index in [1.54, 1.807) is 6.20 Å². The number of hydrogen-bond donors (Lipinski definition) is 0. The molecule has 5 nitrogen and oxygen atoms in total. The van der Waals surface area contributed by atoms with Crippen molar-refractivity contribution in [3.8, 4) is 0 Å². The van der Waals surface area contributed by atoms with Gasteiger partial charge in [-0.05, 0) is 67.9 Å². The number of carbonyl (C=O) groups is 1. The molecule has 0 spiro atoms. The summed E-state index contributed by atoms with van der Waals surface area (Å²) in [6.07, 6.45) is 7.28. The number of nitrogens with zero attached hydrogens (tertiary/aromatic N) is 4. The fourth-order valence-electron chi connectivity index (χ4n) is 4.71. The predicted molar refractivity (Wildman–Crippen MR) is 114 cm³/mol. The van der Waals surface area contributed by atoms with E-state index in [4.69, 9.17) is 0 Å². The molecular formula is C24H30N4O. The third-order valence-electron chi connectivity index (χ3n) is 7.14. The van der Waals surface area contributed by atoms with Crippen LogP contribution in [0.2, 0.25) is 0 Å². The van der Waals surface area contributed by atoms with E-state index in [2.05, 4.69) is 57.3 Å². The number of amides is 1. The highest BCUT2D eigenvalue weighted by Crippen LogP contribution is 2.47. The number of rotatable bonds is 5. The van der Waals surface area contributed by atoms with Crippen LogP contribution < -0.4 is 4.90 Å². The highest BCUT2D eigenvalue weighted by atomic mass is 16.2. The van der Waals surface area contributed by atoms with Crippen molar-refractivity contribution < 1.29 is 4.79 Å². The van der Waals surface area contributed by atoms with E-state index >= 15 is 0 Å². The molecule has 3 fully saturated rings. The lowest BCUT2D eigenvalue weighted by atomic mass is 9.89. The quantitative estimate of drug-likeness (QED) is 0.782. The highest BCUT2D eigenvalue weighted by molar-refractivity contribution is 5.85. The van der Waals surface area contributed by atoms with E-state index in [-0.39, 0.29) is 5.41 Å². The summed E-state index contributed by atoms with van der Waals surface area (Å²) < 4.78 is 0. The number of piperidine rings is 1. The number of anilines is 1. The monoisotopic (exact) mass is 390 g/mol. The van der Waals surface area contributed by atoms with Crippen molar-refractivity contribution >= 4 is 11.6 Å². The molecule has 2 saturated heterocycles. The maximum Gasteiger partial charge on any atom is 0.228 e. The molecule has 0 radical (unpaired) electrons. The number of aromatic nitrogens is 2. The van der Waals surface area contributed by atoms with Gasteiger partial charge in [0.1, 0.15) is 0 Å². The molecule has 29 heavy (non-hydrogen) atoms. The Bertz CT molecular complexity index is 848. The van der Waals surface area contributed by atoms with Gasteiger partial charge in [-0.15, -0.1) is 0 Å². The lowest BCUT2D eigenvalue weighted by molar-refractivity contribution is -0.137. The number of likely N-dealkylation sites (tertiary alicyclic amines) is 1. The van der Waals surface area contributed by atoms with Crippen molar-refractivity contribution in [2.45, 2.75) is 44.9 Å². The Kier molecular flexibility index (Phi) is 4.76. The molecule has 0 unspecified atom stereocenters. The molecule has 5 rings (SSSR count). The van der Waals surface area contributed by atoms with Crippen molar-refractivity contribution in [3.05, 3.63) is 53.9 Å². The van der Waals surface area contributed by atoms with Crippen molar-refractivity contribution in [3.63, 3.8) is 0 Å². The zero-order chi connectivity index (χ0) is 19.8. The van der Waals surface area contributed by atoms with Crippen LogP contribution in [0, 0.1) is 11.3 Å². The van der Waals surface area contributed by atoms with Crippen LogP contribution in [0.25, 0.3) is 0 Å². The smallest absolute Gasteiger partial charge is 0.228 e. The van der Waals surface area contributed by atoms with Crippen molar-refractivity contribution in [2.24, 2.45) is 11.3 Å². The second-order valence-corrected chi connectivity index (χ2v) is 9.42. The SMILES string of the molecule is CC1(C(=O)N2CCC(Cc3ccc(N4CC(c5cccnn5)C4)cc3)CC2)CC1. The average molecular weight is 391 g/mol. The predicted octanol–water partition coefficient (Wildman–Crippen LogP) is 3.66. The lowest BCUT2D eigenvalue weighted by Crippen LogP contribution is -2.45. The normalized spacial score (nSPS) is 21.7. The van der Waals surface area contributed by atoms with Gasteiger partial charge in [0.2, 0.25) is 5.91 Å². The Hall–Kier alpha value is -2.43. The van der Waals surface area contributed by atoms with Crippen molar-refractivity contribution in [1.82, 2.24) is 15.1 Å². The molecule has 3 heterocycles. The molecule has 2 aliphatic heterocycles. The molecule has 152 valence electrons. The first-order valence-corrected chi connectivity index (χ1v) is 11.0. The largest absolute Gasteiger partial charge is 0.370 e. The average Bonchev–Trinajstić information content (AvgIpc) is 3.48. The second kappa shape index (κ2) is 7.43. The van der Waals surface area contributed by atoms with Gasteiger partial charge < -0.3 is 9.80 Å². The standard InChI is InChI=1S/C24H30N4O/c1-24(10-11-24)23(29)27-13-8-19(9-14-27)15-18-4-6-21(7-5-18)28-16-20(17-28)22-3-2-12-25-26-22/h2-7,12,19-20H,8-11,13-17H2,1H3. The molecular weight excluding hydrogens is 360 g/mol. The summed E-state index contributed by atoms with van der Waals surface area (Å²) >= 11 is 0. The van der Waals surface area contributed by atoms with Gasteiger partial charge >= 0.3 is 0 Å². The summed E-state index contributed by atoms with van der Waals surface area (Å²) in [4.78, 5) is 17.0. The van der Waals surface area contributed by atoms with E-state index in [9.17, 15) is 4.79 Å². The molecule has 1 aromatic carbocycles. The maximum atomic E-state index is 12.5. The first-order chi connectivity index (χ1) is 14.1. The van der Waals surface area contributed by atoms with Gasteiger partial charge in [0, 0.05) is 49.4 Å². The topological polar surface area (TPSA) is 49.3 Å². The fraction of sp³-hybridized carbons (Fsp3) is 0.542. The Balaban J connectivity index is 1.10. The molecule has 1 saturated carbocycles. The third kappa shape index (κ3) is 3.87. The zero-order valence-corrected chi connectivity index (χ0v) is 17.3. The van der Waals surface area contributed by atoms with Gasteiger partial charge in [-0.2, -0.15) is 10.2 Å². The molecule has 1 amide bonds. The molecule has 0 bridgehead atoms. The Labute approximate surface area is 173 Å². The molecule has 0 N–H and O–H groups in total. The van der Waals surface area contributed by atoms with E-state index in [0.29, 0.717) is 17.7 Å². The summed E-state index contributed by atoms with van der Waals surface area (Å²) in [5, 5.41) is 8.23. The highest BCUT2D eigenvalue weighted by Gasteiger charge is 2.47. The number of benzene rings is 1. The van der Waals surface area contributed by atoms with Gasteiger partial charge in [-0.3, -0.25) is 4.79 Å². The summed E-state index contributed by atoms with van der Waals surface area (Å²) in [7, 11) is 0. The van der Waals surface area contributed by atoms with Crippen LogP contribution in [0.1, 0.15) is 49.8 Å². The molecule has 0 atom stereocenters. The van der Waals surface area contributed by atoms with Crippen LogP contribution in [0.5, 0.6) is 0 Å². The van der Waals surface area contributed by atoms with Crippen molar-refractivity contribution in [2.75, 3.05) is 31.1 Å². The molecule has 2 aromatic rings. The van der Waals surface area contributed by atoms with E-state index in [0.717, 1.165) is 64.0 Å². The Morgan fingerprint density at radius 2 is 1.83 bits per heavy atom. The maximum absolute atomic E-state index is 12.5. The van der Waals surface area contributed by atoms with Crippen LogP contribution in [-0.4, -0.2) is 47.2 Å². The minimum atomic E-state index is -0.0222. The third-order valence-corrected chi connectivity index (χ3v) is 7.14. The first kappa shape index (κ1) is 18.6.